The lowest BCUT2D eigenvalue weighted by Gasteiger charge is -2.17. The molecule has 0 aliphatic rings. The minimum atomic E-state index is -3.50. The van der Waals surface area contributed by atoms with E-state index in [1.807, 2.05) is 54.6 Å². The van der Waals surface area contributed by atoms with Crippen LogP contribution in [0, 0.1) is 0 Å². The van der Waals surface area contributed by atoms with Crippen LogP contribution in [-0.2, 0) is 27.2 Å². The van der Waals surface area contributed by atoms with Gasteiger partial charge in [-0.25, -0.2) is 0 Å². The van der Waals surface area contributed by atoms with Crippen LogP contribution in [0.5, 0.6) is 0 Å². The van der Waals surface area contributed by atoms with E-state index in [0.717, 1.165) is 27.5 Å². The third-order valence-corrected chi connectivity index (χ3v) is 9.79. The summed E-state index contributed by atoms with van der Waals surface area (Å²) in [7, 11) is -6.99. The predicted molar refractivity (Wildman–Crippen MR) is 142 cm³/mol. The summed E-state index contributed by atoms with van der Waals surface area (Å²) in [6, 6.07) is 21.1. The number of para-hydroxylation sites is 1. The highest BCUT2D eigenvalue weighted by atomic mass is 31.2. The highest BCUT2D eigenvalue weighted by Crippen LogP contribution is 2.49. The standard InChI is InChI=1S/C26H31NO6P2/c1-5-30-34(28,31-6-2)21-14-16-25-23(18-21)24-19-22(35(29,32-7-3)33-8-4)15-17-26(24)27(25)20-12-10-9-11-13-20/h9-19H,5-8H2,1-4H3. The highest BCUT2D eigenvalue weighted by Gasteiger charge is 2.30. The van der Waals surface area contributed by atoms with Crippen molar-refractivity contribution in [3.05, 3.63) is 66.7 Å². The van der Waals surface area contributed by atoms with E-state index in [0.29, 0.717) is 10.6 Å². The molecule has 0 fully saturated rings. The minimum Gasteiger partial charge on any atom is -0.309 e. The van der Waals surface area contributed by atoms with Gasteiger partial charge in [-0.3, -0.25) is 9.13 Å². The van der Waals surface area contributed by atoms with Crippen molar-refractivity contribution >= 4 is 47.6 Å². The lowest BCUT2D eigenvalue weighted by molar-refractivity contribution is 0.229. The molecule has 35 heavy (non-hydrogen) atoms. The van der Waals surface area contributed by atoms with Gasteiger partial charge in [-0.1, -0.05) is 18.2 Å². The van der Waals surface area contributed by atoms with Crippen LogP contribution >= 0.6 is 15.2 Å². The van der Waals surface area contributed by atoms with E-state index < -0.39 is 15.2 Å². The first-order chi connectivity index (χ1) is 16.9. The highest BCUT2D eigenvalue weighted by molar-refractivity contribution is 7.62. The number of benzene rings is 3. The van der Waals surface area contributed by atoms with Crippen molar-refractivity contribution in [1.82, 2.24) is 4.57 Å². The van der Waals surface area contributed by atoms with E-state index in [1.54, 1.807) is 39.8 Å². The van der Waals surface area contributed by atoms with Gasteiger partial charge in [-0.05, 0) is 76.2 Å². The molecule has 186 valence electrons. The zero-order chi connectivity index (χ0) is 25.1. The van der Waals surface area contributed by atoms with Gasteiger partial charge in [-0.2, -0.15) is 0 Å². The number of aromatic nitrogens is 1. The van der Waals surface area contributed by atoms with Gasteiger partial charge in [0.05, 0.1) is 48.1 Å². The van der Waals surface area contributed by atoms with Gasteiger partial charge in [-0.15, -0.1) is 0 Å². The molecule has 1 heterocycles. The summed E-state index contributed by atoms with van der Waals surface area (Å²) in [6.07, 6.45) is 0. The quantitative estimate of drug-likeness (QED) is 0.211. The molecular weight excluding hydrogens is 484 g/mol. The number of fused-ring (bicyclic) bond motifs is 3. The lowest BCUT2D eigenvalue weighted by Crippen LogP contribution is -2.11. The van der Waals surface area contributed by atoms with Gasteiger partial charge in [0.2, 0.25) is 0 Å². The summed E-state index contributed by atoms with van der Waals surface area (Å²) in [6.45, 7) is 8.20. The smallest absolute Gasteiger partial charge is 0.309 e. The Morgan fingerprint density at radius 3 is 1.37 bits per heavy atom. The zero-order valence-corrected chi connectivity index (χ0v) is 22.3. The summed E-state index contributed by atoms with van der Waals surface area (Å²) in [5.74, 6) is 0. The van der Waals surface area contributed by atoms with Gasteiger partial charge >= 0.3 is 15.2 Å². The maximum atomic E-state index is 13.5. The van der Waals surface area contributed by atoms with Crippen molar-refractivity contribution in [3.8, 4) is 5.69 Å². The van der Waals surface area contributed by atoms with E-state index in [1.165, 1.54) is 0 Å². The topological polar surface area (TPSA) is 76.0 Å². The Kier molecular flexibility index (Phi) is 7.97. The first kappa shape index (κ1) is 25.8. The summed E-state index contributed by atoms with van der Waals surface area (Å²) in [5.41, 5.74) is 2.80. The Morgan fingerprint density at radius 1 is 0.600 bits per heavy atom. The molecule has 0 aliphatic carbocycles. The molecular formula is C26H31NO6P2. The molecule has 3 aromatic carbocycles. The molecule has 4 rings (SSSR count). The van der Waals surface area contributed by atoms with Crippen LogP contribution in [0.25, 0.3) is 27.5 Å². The largest absolute Gasteiger partial charge is 0.361 e. The normalized spacial score (nSPS) is 12.6. The maximum absolute atomic E-state index is 13.5. The molecule has 9 heteroatoms. The third kappa shape index (κ3) is 4.90. The van der Waals surface area contributed by atoms with Crippen molar-refractivity contribution in [3.63, 3.8) is 0 Å². The molecule has 0 bridgehead atoms. The number of nitrogens with zero attached hydrogens (tertiary/aromatic N) is 1. The predicted octanol–water partition coefficient (Wildman–Crippen LogP) is 6.57. The number of hydrogen-bond donors (Lipinski definition) is 0. The first-order valence-corrected chi connectivity index (χ1v) is 14.9. The fraction of sp³-hybridized carbons (Fsp3) is 0.308. The molecule has 4 aromatic rings. The summed E-state index contributed by atoms with van der Waals surface area (Å²) >= 11 is 0. The van der Waals surface area contributed by atoms with Gasteiger partial charge in [0, 0.05) is 16.5 Å². The second-order valence-electron chi connectivity index (χ2n) is 7.74. The Bertz CT molecular complexity index is 1310. The zero-order valence-electron chi connectivity index (χ0n) is 20.5. The van der Waals surface area contributed by atoms with E-state index in [-0.39, 0.29) is 26.4 Å². The summed E-state index contributed by atoms with van der Waals surface area (Å²) in [5, 5.41) is 2.62. The van der Waals surface area contributed by atoms with Crippen molar-refractivity contribution in [2.75, 3.05) is 26.4 Å². The second-order valence-corrected chi connectivity index (χ2v) is 11.8. The molecule has 0 radical (unpaired) electrons. The van der Waals surface area contributed by atoms with Crippen molar-refractivity contribution in [2.45, 2.75) is 27.7 Å². The Balaban J connectivity index is 2.04. The lowest BCUT2D eigenvalue weighted by atomic mass is 10.1. The SMILES string of the molecule is CCOP(=O)(OCC)c1ccc2c(c1)c1cc(P(=O)(OCC)OCC)ccc1n2-c1ccccc1. The van der Waals surface area contributed by atoms with E-state index >= 15 is 0 Å². The van der Waals surface area contributed by atoms with Crippen LogP contribution in [0.15, 0.2) is 66.7 Å². The minimum absolute atomic E-state index is 0.261. The van der Waals surface area contributed by atoms with Gasteiger partial charge in [0.15, 0.2) is 0 Å². The molecule has 0 atom stereocenters. The average molecular weight is 515 g/mol. The third-order valence-electron chi connectivity index (χ3n) is 5.58. The van der Waals surface area contributed by atoms with Crippen LogP contribution < -0.4 is 10.6 Å². The van der Waals surface area contributed by atoms with Crippen LogP contribution in [-0.4, -0.2) is 31.0 Å². The van der Waals surface area contributed by atoms with Crippen molar-refractivity contribution in [2.24, 2.45) is 0 Å². The summed E-state index contributed by atoms with van der Waals surface area (Å²) in [4.78, 5) is 0. The fourth-order valence-electron chi connectivity index (χ4n) is 4.25. The molecule has 0 amide bonds. The van der Waals surface area contributed by atoms with Crippen LogP contribution in [0.2, 0.25) is 0 Å². The van der Waals surface area contributed by atoms with Gasteiger partial charge < -0.3 is 22.7 Å². The van der Waals surface area contributed by atoms with Crippen LogP contribution in [0.4, 0.5) is 0 Å². The number of rotatable bonds is 11. The molecule has 0 saturated heterocycles. The number of hydrogen-bond acceptors (Lipinski definition) is 6. The molecule has 0 unspecified atom stereocenters. The van der Waals surface area contributed by atoms with Crippen molar-refractivity contribution in [1.29, 1.82) is 0 Å². The average Bonchev–Trinajstić information content (AvgIpc) is 3.18. The maximum Gasteiger partial charge on any atom is 0.361 e. The van der Waals surface area contributed by atoms with Gasteiger partial charge in [0.25, 0.3) is 0 Å². The molecule has 0 aliphatic heterocycles. The first-order valence-electron chi connectivity index (χ1n) is 11.8. The van der Waals surface area contributed by atoms with E-state index in [2.05, 4.69) is 4.57 Å². The Labute approximate surface area is 206 Å². The van der Waals surface area contributed by atoms with Crippen molar-refractivity contribution < 1.29 is 27.2 Å². The molecule has 7 nitrogen and oxygen atoms in total. The second kappa shape index (κ2) is 10.8. The molecule has 0 saturated carbocycles. The van der Waals surface area contributed by atoms with Crippen LogP contribution in [0.3, 0.4) is 0 Å². The Morgan fingerprint density at radius 2 is 1.00 bits per heavy atom. The Hall–Kier alpha value is -2.24. The van der Waals surface area contributed by atoms with E-state index in [4.69, 9.17) is 18.1 Å². The monoisotopic (exact) mass is 515 g/mol. The molecule has 0 spiro atoms. The fourth-order valence-corrected chi connectivity index (χ4v) is 7.44. The van der Waals surface area contributed by atoms with Crippen LogP contribution in [0.1, 0.15) is 27.7 Å². The molecule has 1 aromatic heterocycles. The summed E-state index contributed by atoms with van der Waals surface area (Å²) < 4.78 is 51.6. The molecule has 0 N–H and O–H groups in total. The van der Waals surface area contributed by atoms with E-state index in [9.17, 15) is 9.13 Å². The van der Waals surface area contributed by atoms with Gasteiger partial charge in [0.1, 0.15) is 0 Å².